The van der Waals surface area contributed by atoms with Gasteiger partial charge in [0.1, 0.15) is 12.4 Å². The van der Waals surface area contributed by atoms with Crippen molar-refractivity contribution < 1.29 is 9.66 Å². The molecular weight excluding hydrogens is 236 g/mol. The van der Waals surface area contributed by atoms with E-state index in [1.165, 1.54) is 12.4 Å². The van der Waals surface area contributed by atoms with Crippen LogP contribution < -0.4 is 5.32 Å². The van der Waals surface area contributed by atoms with E-state index in [1.54, 1.807) is 0 Å². The molecule has 0 aliphatic carbocycles. The fraction of sp³-hybridized carbons (Fsp3) is 0.636. The fourth-order valence-corrected chi connectivity index (χ4v) is 2.11. The van der Waals surface area contributed by atoms with Crippen LogP contribution in [-0.2, 0) is 4.74 Å². The lowest BCUT2D eigenvalue weighted by Crippen LogP contribution is -2.23. The second kappa shape index (κ2) is 5.72. The first-order valence-electron chi connectivity index (χ1n) is 6.02. The van der Waals surface area contributed by atoms with Crippen molar-refractivity contribution in [1.29, 1.82) is 0 Å². The molecule has 7 heteroatoms. The number of aromatic nitrogens is 2. The van der Waals surface area contributed by atoms with E-state index >= 15 is 0 Å². The van der Waals surface area contributed by atoms with Gasteiger partial charge in [-0.1, -0.05) is 6.92 Å². The highest BCUT2D eigenvalue weighted by Crippen LogP contribution is 2.23. The lowest BCUT2D eigenvalue weighted by Gasteiger charge is -2.16. The molecule has 1 aliphatic rings. The maximum absolute atomic E-state index is 10.4. The van der Waals surface area contributed by atoms with Crippen LogP contribution in [-0.4, -0.2) is 34.1 Å². The number of hydrogen-bond acceptors (Lipinski definition) is 6. The molecule has 0 radical (unpaired) electrons. The van der Waals surface area contributed by atoms with Crippen LogP contribution in [0.5, 0.6) is 0 Å². The highest BCUT2D eigenvalue weighted by molar-refractivity contribution is 5.30. The standard InChI is InChI=1S/C11H16N4O3/c1-2-10-8(3-4-18-10)5-12-11-13-6-9(7-14-11)15(16)17/h6-8,10H,2-5H2,1H3,(H,12,13,14). The average Bonchev–Trinajstić information content (AvgIpc) is 2.84. The molecule has 1 aromatic rings. The first-order chi connectivity index (χ1) is 8.70. The zero-order valence-electron chi connectivity index (χ0n) is 10.2. The molecule has 2 rings (SSSR count). The lowest BCUT2D eigenvalue weighted by molar-refractivity contribution is -0.385. The second-order valence-electron chi connectivity index (χ2n) is 4.27. The predicted octanol–water partition coefficient (Wildman–Crippen LogP) is 1.61. The quantitative estimate of drug-likeness (QED) is 0.632. The molecule has 2 unspecified atom stereocenters. The molecule has 0 aromatic carbocycles. The smallest absolute Gasteiger partial charge is 0.305 e. The second-order valence-corrected chi connectivity index (χ2v) is 4.27. The number of hydrogen-bond donors (Lipinski definition) is 1. The van der Waals surface area contributed by atoms with Gasteiger partial charge in [0.05, 0.1) is 11.0 Å². The highest BCUT2D eigenvalue weighted by atomic mass is 16.6. The van der Waals surface area contributed by atoms with Crippen LogP contribution in [0.25, 0.3) is 0 Å². The van der Waals surface area contributed by atoms with Gasteiger partial charge in [0.15, 0.2) is 0 Å². The number of rotatable bonds is 5. The maximum Gasteiger partial charge on any atom is 0.305 e. The number of anilines is 1. The molecule has 0 amide bonds. The van der Waals surface area contributed by atoms with Crippen LogP contribution in [0.15, 0.2) is 12.4 Å². The number of nitro groups is 1. The normalized spacial score (nSPS) is 22.9. The van der Waals surface area contributed by atoms with Crippen molar-refractivity contribution in [2.75, 3.05) is 18.5 Å². The van der Waals surface area contributed by atoms with E-state index in [4.69, 9.17) is 4.74 Å². The summed E-state index contributed by atoms with van der Waals surface area (Å²) in [5.41, 5.74) is -0.101. The Kier molecular flexibility index (Phi) is 4.03. The highest BCUT2D eigenvalue weighted by Gasteiger charge is 2.26. The Morgan fingerprint density at radius 2 is 2.28 bits per heavy atom. The third-order valence-electron chi connectivity index (χ3n) is 3.12. The van der Waals surface area contributed by atoms with Crippen molar-refractivity contribution in [3.63, 3.8) is 0 Å². The summed E-state index contributed by atoms with van der Waals surface area (Å²) in [4.78, 5) is 17.8. The summed E-state index contributed by atoms with van der Waals surface area (Å²) in [7, 11) is 0. The molecule has 98 valence electrons. The molecule has 2 heterocycles. The Balaban J connectivity index is 1.88. The molecule has 7 nitrogen and oxygen atoms in total. The van der Waals surface area contributed by atoms with E-state index in [0.29, 0.717) is 11.9 Å². The summed E-state index contributed by atoms with van der Waals surface area (Å²) in [5.74, 6) is 0.871. The van der Waals surface area contributed by atoms with Crippen molar-refractivity contribution in [3.8, 4) is 0 Å². The molecule has 1 aromatic heterocycles. The van der Waals surface area contributed by atoms with E-state index < -0.39 is 4.92 Å². The Morgan fingerprint density at radius 3 is 2.89 bits per heavy atom. The van der Waals surface area contributed by atoms with Gasteiger partial charge >= 0.3 is 5.69 Å². The fourth-order valence-electron chi connectivity index (χ4n) is 2.11. The Morgan fingerprint density at radius 1 is 1.56 bits per heavy atom. The molecule has 0 bridgehead atoms. The third-order valence-corrected chi connectivity index (χ3v) is 3.12. The van der Waals surface area contributed by atoms with Crippen LogP contribution >= 0.6 is 0 Å². The number of nitrogens with zero attached hydrogens (tertiary/aromatic N) is 3. The zero-order chi connectivity index (χ0) is 13.0. The lowest BCUT2D eigenvalue weighted by atomic mass is 10.00. The van der Waals surface area contributed by atoms with E-state index in [9.17, 15) is 10.1 Å². The Labute approximate surface area is 105 Å². The van der Waals surface area contributed by atoms with Gasteiger partial charge in [0.2, 0.25) is 5.95 Å². The minimum Gasteiger partial charge on any atom is -0.378 e. The average molecular weight is 252 g/mol. The van der Waals surface area contributed by atoms with E-state index in [-0.39, 0.29) is 11.8 Å². The predicted molar refractivity (Wildman–Crippen MR) is 65.3 cm³/mol. The summed E-state index contributed by atoms with van der Waals surface area (Å²) in [5, 5.41) is 13.5. The zero-order valence-corrected chi connectivity index (χ0v) is 10.2. The van der Waals surface area contributed by atoms with Crippen LogP contribution in [0.2, 0.25) is 0 Å². The minimum absolute atomic E-state index is 0.101. The van der Waals surface area contributed by atoms with Crippen LogP contribution in [0.3, 0.4) is 0 Å². The van der Waals surface area contributed by atoms with Crippen molar-refractivity contribution in [2.24, 2.45) is 5.92 Å². The van der Waals surface area contributed by atoms with E-state index in [0.717, 1.165) is 26.0 Å². The summed E-state index contributed by atoms with van der Waals surface area (Å²) in [6.07, 6.45) is 4.72. The summed E-state index contributed by atoms with van der Waals surface area (Å²) < 4.78 is 5.58. The van der Waals surface area contributed by atoms with Crippen molar-refractivity contribution in [2.45, 2.75) is 25.9 Å². The Bertz CT molecular complexity index is 409. The first kappa shape index (κ1) is 12.7. The van der Waals surface area contributed by atoms with Crippen molar-refractivity contribution >= 4 is 11.6 Å². The number of ether oxygens (including phenoxy) is 1. The number of nitrogens with one attached hydrogen (secondary N) is 1. The first-order valence-corrected chi connectivity index (χ1v) is 6.02. The van der Waals surface area contributed by atoms with E-state index in [2.05, 4.69) is 22.2 Å². The van der Waals surface area contributed by atoms with Crippen LogP contribution in [0, 0.1) is 16.0 Å². The molecule has 18 heavy (non-hydrogen) atoms. The van der Waals surface area contributed by atoms with Crippen LogP contribution in [0.4, 0.5) is 11.6 Å². The van der Waals surface area contributed by atoms with E-state index in [1.807, 2.05) is 0 Å². The summed E-state index contributed by atoms with van der Waals surface area (Å²) in [6.45, 7) is 3.63. The molecule has 0 saturated carbocycles. The van der Waals surface area contributed by atoms with Gasteiger partial charge in [-0.3, -0.25) is 10.1 Å². The molecule has 1 fully saturated rings. The third kappa shape index (κ3) is 2.92. The Hall–Kier alpha value is -1.76. The topological polar surface area (TPSA) is 90.2 Å². The molecule has 1 saturated heterocycles. The van der Waals surface area contributed by atoms with Gasteiger partial charge in [0, 0.05) is 19.1 Å². The van der Waals surface area contributed by atoms with Gasteiger partial charge in [-0.05, 0) is 12.8 Å². The molecular formula is C11H16N4O3. The van der Waals surface area contributed by atoms with Gasteiger partial charge in [-0.2, -0.15) is 0 Å². The monoisotopic (exact) mass is 252 g/mol. The minimum atomic E-state index is -0.512. The summed E-state index contributed by atoms with van der Waals surface area (Å²) in [6, 6.07) is 0. The van der Waals surface area contributed by atoms with Crippen LogP contribution in [0.1, 0.15) is 19.8 Å². The van der Waals surface area contributed by atoms with Gasteiger partial charge in [0.25, 0.3) is 0 Å². The van der Waals surface area contributed by atoms with Crippen molar-refractivity contribution in [3.05, 3.63) is 22.5 Å². The van der Waals surface area contributed by atoms with Gasteiger partial charge in [-0.25, -0.2) is 9.97 Å². The van der Waals surface area contributed by atoms with Gasteiger partial charge < -0.3 is 10.1 Å². The maximum atomic E-state index is 10.4. The van der Waals surface area contributed by atoms with Gasteiger partial charge in [-0.15, -0.1) is 0 Å². The molecule has 2 atom stereocenters. The largest absolute Gasteiger partial charge is 0.378 e. The van der Waals surface area contributed by atoms with Crippen molar-refractivity contribution in [1.82, 2.24) is 9.97 Å². The molecule has 1 aliphatic heterocycles. The molecule has 1 N–H and O–H groups in total. The summed E-state index contributed by atoms with van der Waals surface area (Å²) >= 11 is 0. The molecule has 0 spiro atoms. The SMILES string of the molecule is CCC1OCCC1CNc1ncc([N+](=O)[O-])cn1.